The molecule has 2 unspecified atom stereocenters. The van der Waals surface area contributed by atoms with Crippen molar-refractivity contribution < 1.29 is 0 Å². The zero-order valence-corrected chi connectivity index (χ0v) is 11.7. The van der Waals surface area contributed by atoms with Gasteiger partial charge in [0.15, 0.2) is 0 Å². The summed E-state index contributed by atoms with van der Waals surface area (Å²) in [5, 5.41) is 0. The highest BCUT2D eigenvalue weighted by Gasteiger charge is 2.71. The van der Waals surface area contributed by atoms with E-state index in [4.69, 9.17) is 23.2 Å². The van der Waals surface area contributed by atoms with E-state index < -0.39 is 0 Å². The van der Waals surface area contributed by atoms with Crippen LogP contribution in [0.4, 0.5) is 0 Å². The molecule has 3 fully saturated rings. The van der Waals surface area contributed by atoms with E-state index in [0.29, 0.717) is 5.41 Å². The third-order valence-electron chi connectivity index (χ3n) is 5.91. The van der Waals surface area contributed by atoms with Crippen LogP contribution in [-0.2, 0) is 0 Å². The molecule has 0 aromatic heterocycles. The van der Waals surface area contributed by atoms with Gasteiger partial charge in [-0.25, -0.2) is 0 Å². The van der Waals surface area contributed by atoms with E-state index >= 15 is 0 Å². The summed E-state index contributed by atoms with van der Waals surface area (Å²) in [4.78, 5) is -0.149. The van der Waals surface area contributed by atoms with E-state index in [2.05, 4.69) is 13.8 Å². The number of alkyl halides is 1. The van der Waals surface area contributed by atoms with E-state index in [1.165, 1.54) is 37.7 Å². The summed E-state index contributed by atoms with van der Waals surface area (Å²) in [7, 11) is 0. The highest BCUT2D eigenvalue weighted by Crippen LogP contribution is 2.76. The molecule has 0 saturated heterocycles. The lowest BCUT2D eigenvalue weighted by Gasteiger charge is -2.38. The highest BCUT2D eigenvalue weighted by atomic mass is 35.5. The van der Waals surface area contributed by atoms with Crippen molar-refractivity contribution in [1.29, 1.82) is 0 Å². The van der Waals surface area contributed by atoms with Crippen LogP contribution in [0.2, 0.25) is 0 Å². The lowest BCUT2D eigenvalue weighted by molar-refractivity contribution is 0.159. The first-order valence-corrected chi connectivity index (χ1v) is 7.31. The van der Waals surface area contributed by atoms with Crippen LogP contribution < -0.4 is 0 Å². The molecule has 0 radical (unpaired) electrons. The lowest BCUT2D eigenvalue weighted by atomic mass is 9.67. The van der Waals surface area contributed by atoms with Gasteiger partial charge in [0.05, 0.1) is 4.87 Å². The first kappa shape index (κ1) is 11.4. The van der Waals surface area contributed by atoms with Crippen molar-refractivity contribution in [3.63, 3.8) is 0 Å². The third-order valence-corrected chi connectivity index (χ3v) is 7.00. The summed E-state index contributed by atoms with van der Waals surface area (Å²) in [5.41, 5.74) is 3.80. The van der Waals surface area contributed by atoms with Crippen molar-refractivity contribution in [2.24, 2.45) is 16.7 Å². The minimum absolute atomic E-state index is 0.149. The molecule has 0 aliphatic heterocycles. The van der Waals surface area contributed by atoms with Crippen LogP contribution in [0, 0.1) is 16.7 Å². The molecule has 2 bridgehead atoms. The van der Waals surface area contributed by atoms with E-state index in [1.807, 2.05) is 5.54 Å². The largest absolute Gasteiger partial charge is 0.114 e. The first-order valence-electron chi connectivity index (χ1n) is 6.49. The van der Waals surface area contributed by atoms with Crippen molar-refractivity contribution >= 4 is 23.2 Å². The summed E-state index contributed by atoms with van der Waals surface area (Å²) in [6.07, 6.45) is 7.75. The molecule has 1 spiro atoms. The van der Waals surface area contributed by atoms with Crippen molar-refractivity contribution in [2.75, 3.05) is 0 Å². The maximum atomic E-state index is 6.97. The number of hydrogen-bond acceptors (Lipinski definition) is 0. The number of allylic oxidation sites excluding steroid dienone is 1. The zero-order chi connectivity index (χ0) is 11.6. The Hall–Kier alpha value is 0.320. The van der Waals surface area contributed by atoms with E-state index in [0.717, 1.165) is 12.3 Å². The normalized spacial score (nSPS) is 46.0. The van der Waals surface area contributed by atoms with Gasteiger partial charge in [0.1, 0.15) is 0 Å². The van der Waals surface area contributed by atoms with E-state index in [9.17, 15) is 0 Å². The van der Waals surface area contributed by atoms with Gasteiger partial charge in [0.2, 0.25) is 0 Å². The Morgan fingerprint density at radius 2 is 1.81 bits per heavy atom. The first-order chi connectivity index (χ1) is 7.49. The molecule has 0 aromatic rings. The number of hydrogen-bond donors (Lipinski definition) is 0. The Morgan fingerprint density at radius 1 is 1.19 bits per heavy atom. The van der Waals surface area contributed by atoms with Gasteiger partial charge in [-0.3, -0.25) is 0 Å². The summed E-state index contributed by atoms with van der Waals surface area (Å²) in [6.45, 7) is 4.70. The molecular formula is C14H20Cl2. The SMILES string of the molecule is CC1(C)C2CCC1(Cl)/C(=C\Cl)C21CCCC1. The third kappa shape index (κ3) is 1.00. The molecule has 0 amide bonds. The van der Waals surface area contributed by atoms with Gasteiger partial charge in [-0.05, 0) is 48.0 Å². The maximum Gasteiger partial charge on any atom is 0.0725 e. The molecule has 2 atom stereocenters. The molecule has 0 heterocycles. The van der Waals surface area contributed by atoms with Crippen LogP contribution in [0.1, 0.15) is 52.4 Å². The fraction of sp³-hybridized carbons (Fsp3) is 0.857. The van der Waals surface area contributed by atoms with Crippen LogP contribution in [0.3, 0.4) is 0 Å². The van der Waals surface area contributed by atoms with E-state index in [-0.39, 0.29) is 10.3 Å². The molecule has 3 aliphatic rings. The topological polar surface area (TPSA) is 0 Å². The summed E-state index contributed by atoms with van der Waals surface area (Å²) < 4.78 is 0. The second kappa shape index (κ2) is 3.20. The van der Waals surface area contributed by atoms with Gasteiger partial charge in [0, 0.05) is 5.54 Å². The van der Waals surface area contributed by atoms with Crippen molar-refractivity contribution in [3.8, 4) is 0 Å². The Kier molecular flexibility index (Phi) is 2.28. The van der Waals surface area contributed by atoms with Gasteiger partial charge >= 0.3 is 0 Å². The van der Waals surface area contributed by atoms with Gasteiger partial charge in [-0.1, -0.05) is 38.3 Å². The molecule has 2 heteroatoms. The molecule has 3 aliphatic carbocycles. The van der Waals surface area contributed by atoms with Crippen LogP contribution in [0.15, 0.2) is 11.1 Å². The van der Waals surface area contributed by atoms with Gasteiger partial charge in [-0.15, -0.1) is 11.6 Å². The summed E-state index contributed by atoms with van der Waals surface area (Å²) in [5.74, 6) is 0.755. The van der Waals surface area contributed by atoms with Gasteiger partial charge in [-0.2, -0.15) is 0 Å². The van der Waals surface area contributed by atoms with Crippen molar-refractivity contribution in [3.05, 3.63) is 11.1 Å². The maximum absolute atomic E-state index is 6.97. The molecule has 3 rings (SSSR count). The standard InChI is InChI=1S/C14H20Cl2/c1-12(2)10-5-8-14(12,16)11(9-15)13(10)6-3-4-7-13/h9-10H,3-8H2,1-2H3/b11-9-. The average molecular weight is 259 g/mol. The molecule has 0 nitrogen and oxygen atoms in total. The van der Waals surface area contributed by atoms with Crippen LogP contribution in [-0.4, -0.2) is 4.87 Å². The van der Waals surface area contributed by atoms with Crippen molar-refractivity contribution in [1.82, 2.24) is 0 Å². The Labute approximate surface area is 108 Å². The molecule has 0 N–H and O–H groups in total. The van der Waals surface area contributed by atoms with Crippen LogP contribution in [0.5, 0.6) is 0 Å². The van der Waals surface area contributed by atoms with Gasteiger partial charge < -0.3 is 0 Å². The average Bonchev–Trinajstić information content (AvgIpc) is 2.78. The lowest BCUT2D eigenvalue weighted by Crippen LogP contribution is -2.33. The fourth-order valence-corrected chi connectivity index (χ4v) is 6.10. The second-order valence-corrected chi connectivity index (χ2v) is 7.36. The van der Waals surface area contributed by atoms with Gasteiger partial charge in [0.25, 0.3) is 0 Å². The summed E-state index contributed by atoms with van der Waals surface area (Å²) >= 11 is 13.1. The zero-order valence-electron chi connectivity index (χ0n) is 10.2. The smallest absolute Gasteiger partial charge is 0.0725 e. The molecular weight excluding hydrogens is 239 g/mol. The predicted molar refractivity (Wildman–Crippen MR) is 69.9 cm³/mol. The Bertz CT molecular complexity index is 350. The Morgan fingerprint density at radius 3 is 2.38 bits per heavy atom. The quantitative estimate of drug-likeness (QED) is 0.531. The monoisotopic (exact) mass is 258 g/mol. The Balaban J connectivity index is 2.17. The molecule has 16 heavy (non-hydrogen) atoms. The highest BCUT2D eigenvalue weighted by molar-refractivity contribution is 6.30. The van der Waals surface area contributed by atoms with Crippen LogP contribution >= 0.6 is 23.2 Å². The minimum Gasteiger partial charge on any atom is -0.114 e. The van der Waals surface area contributed by atoms with E-state index in [1.54, 1.807) is 0 Å². The second-order valence-electron chi connectivity index (χ2n) is 6.50. The van der Waals surface area contributed by atoms with Crippen LogP contribution in [0.25, 0.3) is 0 Å². The number of fused-ring (bicyclic) bond motifs is 3. The summed E-state index contributed by atoms with van der Waals surface area (Å²) in [6, 6.07) is 0. The molecule has 0 aromatic carbocycles. The predicted octanol–water partition coefficient (Wildman–Crippen LogP) is 5.10. The van der Waals surface area contributed by atoms with Crippen molar-refractivity contribution in [2.45, 2.75) is 57.2 Å². The molecule has 90 valence electrons. The number of rotatable bonds is 0. The fourth-order valence-electron chi connectivity index (χ4n) is 5.15. The molecule has 3 saturated carbocycles. The number of halogens is 2. The minimum atomic E-state index is -0.149.